The quantitative estimate of drug-likeness (QED) is 0.713. The third-order valence-corrected chi connectivity index (χ3v) is 6.32. The largest absolute Gasteiger partial charge is 0.496 e. The Balaban J connectivity index is 1.47. The predicted octanol–water partition coefficient (Wildman–Crippen LogP) is 4.41. The van der Waals surface area contributed by atoms with E-state index in [0.29, 0.717) is 16.6 Å². The Kier molecular flexibility index (Phi) is 5.67. The topological polar surface area (TPSA) is 58.2 Å². The van der Waals surface area contributed by atoms with Gasteiger partial charge in [-0.1, -0.05) is 42.5 Å². The van der Waals surface area contributed by atoms with E-state index in [4.69, 9.17) is 4.74 Å². The fourth-order valence-corrected chi connectivity index (χ4v) is 4.73. The minimum atomic E-state index is 0.00274. The molecule has 1 aliphatic rings. The molecule has 0 radical (unpaired) electrons. The first-order chi connectivity index (χ1) is 13.8. The Morgan fingerprint density at radius 1 is 1.14 bits per heavy atom. The van der Waals surface area contributed by atoms with Crippen molar-refractivity contribution in [1.82, 2.24) is 15.1 Å². The molecule has 5 nitrogen and oxygen atoms in total. The first-order valence-corrected chi connectivity index (χ1v) is 10.5. The normalized spacial score (nSPS) is 17.2. The molecule has 0 bridgehead atoms. The average molecular weight is 394 g/mol. The van der Waals surface area contributed by atoms with Crippen LogP contribution < -0.4 is 4.74 Å². The van der Waals surface area contributed by atoms with Crippen molar-refractivity contribution in [3.8, 4) is 17.0 Å². The Labute approximate surface area is 169 Å². The number of aromatic nitrogens is 2. The summed E-state index contributed by atoms with van der Waals surface area (Å²) < 4.78 is 5.40. The fraction of sp³-hybridized carbons (Fsp3) is 0.273. The lowest BCUT2D eigenvalue weighted by Crippen LogP contribution is -2.33. The molecule has 4 rings (SSSR count). The maximum absolute atomic E-state index is 13.0. The molecule has 1 aromatic heterocycles. The van der Waals surface area contributed by atoms with Gasteiger partial charge >= 0.3 is 0 Å². The number of rotatable bonds is 4. The molecule has 1 atom stereocenters. The van der Waals surface area contributed by atoms with E-state index in [1.165, 1.54) is 5.56 Å². The number of amides is 1. The van der Waals surface area contributed by atoms with Crippen LogP contribution in [0.2, 0.25) is 0 Å². The van der Waals surface area contributed by atoms with Crippen LogP contribution in [0.25, 0.3) is 11.3 Å². The number of para-hydroxylation sites is 1. The number of thioether (sulfide) groups is 1. The molecule has 2 aromatic carbocycles. The molecule has 3 aromatic rings. The molecular formula is C22H23N3O2S. The number of aromatic amines is 1. The van der Waals surface area contributed by atoms with Gasteiger partial charge in [0, 0.05) is 29.7 Å². The van der Waals surface area contributed by atoms with Crippen LogP contribution in [-0.2, 0) is 0 Å². The highest BCUT2D eigenvalue weighted by molar-refractivity contribution is 7.99. The summed E-state index contributed by atoms with van der Waals surface area (Å²) in [5.41, 5.74) is 3.44. The third-order valence-electron chi connectivity index (χ3n) is 4.99. The molecule has 0 aliphatic carbocycles. The molecule has 1 aliphatic heterocycles. The van der Waals surface area contributed by atoms with Crippen LogP contribution in [0, 0.1) is 0 Å². The number of hydrogen-bond donors (Lipinski definition) is 1. The Hall–Kier alpha value is -2.73. The summed E-state index contributed by atoms with van der Waals surface area (Å²) >= 11 is 1.92. The number of nitrogens with zero attached hydrogens (tertiary/aromatic N) is 2. The van der Waals surface area contributed by atoms with Crippen LogP contribution in [0.3, 0.4) is 0 Å². The van der Waals surface area contributed by atoms with E-state index in [1.54, 1.807) is 7.11 Å². The second-order valence-corrected chi connectivity index (χ2v) is 8.03. The zero-order valence-corrected chi connectivity index (χ0v) is 16.6. The highest BCUT2D eigenvalue weighted by Gasteiger charge is 2.24. The highest BCUT2D eigenvalue weighted by Crippen LogP contribution is 2.34. The van der Waals surface area contributed by atoms with Crippen molar-refractivity contribution < 1.29 is 9.53 Å². The van der Waals surface area contributed by atoms with E-state index in [1.807, 2.05) is 53.1 Å². The van der Waals surface area contributed by atoms with E-state index < -0.39 is 0 Å². The summed E-state index contributed by atoms with van der Waals surface area (Å²) in [6, 6.07) is 20.0. The van der Waals surface area contributed by atoms with Crippen LogP contribution in [0.15, 0.2) is 60.7 Å². The monoisotopic (exact) mass is 393 g/mol. The van der Waals surface area contributed by atoms with E-state index in [-0.39, 0.29) is 5.91 Å². The van der Waals surface area contributed by atoms with Gasteiger partial charge in [-0.05, 0) is 30.2 Å². The molecule has 0 saturated carbocycles. The summed E-state index contributed by atoms with van der Waals surface area (Å²) in [7, 11) is 1.63. The Morgan fingerprint density at radius 2 is 1.93 bits per heavy atom. The van der Waals surface area contributed by atoms with E-state index >= 15 is 0 Å². The van der Waals surface area contributed by atoms with Crippen LogP contribution in [0.5, 0.6) is 5.75 Å². The molecule has 6 heteroatoms. The molecule has 1 N–H and O–H groups in total. The van der Waals surface area contributed by atoms with Gasteiger partial charge in [-0.2, -0.15) is 16.9 Å². The molecule has 28 heavy (non-hydrogen) atoms. The van der Waals surface area contributed by atoms with Crippen molar-refractivity contribution in [1.29, 1.82) is 0 Å². The van der Waals surface area contributed by atoms with Gasteiger partial charge in [0.2, 0.25) is 0 Å². The van der Waals surface area contributed by atoms with Crippen molar-refractivity contribution in [2.45, 2.75) is 11.7 Å². The minimum absolute atomic E-state index is 0.00274. The highest BCUT2D eigenvalue weighted by atomic mass is 32.2. The van der Waals surface area contributed by atoms with Gasteiger partial charge in [-0.3, -0.25) is 9.89 Å². The van der Waals surface area contributed by atoms with E-state index in [9.17, 15) is 4.79 Å². The molecule has 1 fully saturated rings. The van der Waals surface area contributed by atoms with Gasteiger partial charge in [0.25, 0.3) is 5.91 Å². The Bertz CT molecular complexity index is 942. The van der Waals surface area contributed by atoms with Crippen molar-refractivity contribution >= 4 is 17.7 Å². The summed E-state index contributed by atoms with van der Waals surface area (Å²) in [6.07, 6.45) is 0.952. The van der Waals surface area contributed by atoms with Crippen molar-refractivity contribution in [2.75, 3.05) is 26.0 Å². The van der Waals surface area contributed by atoms with E-state index in [2.05, 4.69) is 34.5 Å². The first-order valence-electron chi connectivity index (χ1n) is 9.41. The van der Waals surface area contributed by atoms with Gasteiger partial charge in [0.05, 0.1) is 12.8 Å². The van der Waals surface area contributed by atoms with Gasteiger partial charge in [-0.15, -0.1) is 0 Å². The second-order valence-electron chi connectivity index (χ2n) is 6.72. The second kappa shape index (κ2) is 8.52. The molecule has 0 spiro atoms. The fourth-order valence-electron chi connectivity index (χ4n) is 3.50. The summed E-state index contributed by atoms with van der Waals surface area (Å²) in [5.74, 6) is 1.67. The summed E-state index contributed by atoms with van der Waals surface area (Å²) in [4.78, 5) is 14.9. The molecule has 2 heterocycles. The number of carbonyl (C=O) groups excluding carboxylic acids is 1. The van der Waals surface area contributed by atoms with Crippen LogP contribution in [0.4, 0.5) is 0 Å². The predicted molar refractivity (Wildman–Crippen MR) is 113 cm³/mol. The molecular weight excluding hydrogens is 370 g/mol. The van der Waals surface area contributed by atoms with Crippen molar-refractivity contribution in [2.24, 2.45) is 0 Å². The summed E-state index contributed by atoms with van der Waals surface area (Å²) in [6.45, 7) is 1.49. The molecule has 1 saturated heterocycles. The van der Waals surface area contributed by atoms with Gasteiger partial charge in [0.1, 0.15) is 11.4 Å². The SMILES string of the molecule is COc1ccccc1-c1cc(C(=O)N2CCSC(c3ccccc3)CC2)[nH]n1. The zero-order valence-electron chi connectivity index (χ0n) is 15.8. The molecule has 1 unspecified atom stereocenters. The smallest absolute Gasteiger partial charge is 0.271 e. The number of H-pyrrole nitrogens is 1. The lowest BCUT2D eigenvalue weighted by Gasteiger charge is -2.19. The maximum Gasteiger partial charge on any atom is 0.271 e. The van der Waals surface area contributed by atoms with Gasteiger partial charge in [0.15, 0.2) is 0 Å². The van der Waals surface area contributed by atoms with Gasteiger partial charge in [-0.25, -0.2) is 0 Å². The zero-order chi connectivity index (χ0) is 19.3. The number of benzene rings is 2. The van der Waals surface area contributed by atoms with Crippen molar-refractivity contribution in [3.63, 3.8) is 0 Å². The first kappa shape index (κ1) is 18.6. The minimum Gasteiger partial charge on any atom is -0.496 e. The standard InChI is InChI=1S/C22H23N3O2S/c1-27-20-10-6-5-9-17(20)18-15-19(24-23-18)22(26)25-12-11-21(28-14-13-25)16-7-3-2-4-8-16/h2-10,15,21H,11-14H2,1H3,(H,23,24). The van der Waals surface area contributed by atoms with Gasteiger partial charge < -0.3 is 9.64 Å². The number of hydrogen-bond acceptors (Lipinski definition) is 4. The van der Waals surface area contributed by atoms with Crippen LogP contribution >= 0.6 is 11.8 Å². The number of nitrogens with one attached hydrogen (secondary N) is 1. The van der Waals surface area contributed by atoms with Crippen LogP contribution in [0.1, 0.15) is 27.7 Å². The molecule has 1 amide bonds. The average Bonchev–Trinajstić information content (AvgIpc) is 3.11. The number of methoxy groups -OCH3 is 1. The lowest BCUT2D eigenvalue weighted by atomic mass is 10.1. The third kappa shape index (κ3) is 3.92. The Morgan fingerprint density at radius 3 is 2.75 bits per heavy atom. The lowest BCUT2D eigenvalue weighted by molar-refractivity contribution is 0.0760. The van der Waals surface area contributed by atoms with Crippen LogP contribution in [-0.4, -0.2) is 47.0 Å². The molecule has 144 valence electrons. The van der Waals surface area contributed by atoms with Crippen molar-refractivity contribution in [3.05, 3.63) is 71.9 Å². The number of ether oxygens (including phenoxy) is 1. The maximum atomic E-state index is 13.0. The van der Waals surface area contributed by atoms with E-state index in [0.717, 1.165) is 36.6 Å². The number of carbonyl (C=O) groups is 1. The summed E-state index contributed by atoms with van der Waals surface area (Å²) in [5, 5.41) is 7.69.